The van der Waals surface area contributed by atoms with E-state index in [0.29, 0.717) is 18.8 Å². The van der Waals surface area contributed by atoms with Gasteiger partial charge >= 0.3 is 0 Å². The van der Waals surface area contributed by atoms with Crippen molar-refractivity contribution >= 4 is 17.2 Å². The molecule has 0 fully saturated rings. The SMILES string of the molecule is O=C(NCc1ccccn1)c1csc(-c2ccc(OCc3ccccc3)cc2)n1. The van der Waals surface area contributed by atoms with E-state index in [4.69, 9.17) is 4.74 Å². The van der Waals surface area contributed by atoms with E-state index < -0.39 is 0 Å². The van der Waals surface area contributed by atoms with Crippen LogP contribution in [0.2, 0.25) is 0 Å². The number of amides is 1. The lowest BCUT2D eigenvalue weighted by molar-refractivity contribution is 0.0946. The van der Waals surface area contributed by atoms with Gasteiger partial charge in [-0.25, -0.2) is 4.98 Å². The zero-order valence-corrected chi connectivity index (χ0v) is 16.4. The lowest BCUT2D eigenvalue weighted by atomic mass is 10.2. The van der Waals surface area contributed by atoms with Crippen LogP contribution in [0.1, 0.15) is 21.7 Å². The highest BCUT2D eigenvalue weighted by Crippen LogP contribution is 2.26. The molecular weight excluding hydrogens is 382 g/mol. The molecule has 5 nitrogen and oxygen atoms in total. The van der Waals surface area contributed by atoms with E-state index in [-0.39, 0.29) is 5.91 Å². The number of aromatic nitrogens is 2. The summed E-state index contributed by atoms with van der Waals surface area (Å²) in [7, 11) is 0. The minimum Gasteiger partial charge on any atom is -0.489 e. The fourth-order valence-electron chi connectivity index (χ4n) is 2.71. The van der Waals surface area contributed by atoms with Crippen molar-refractivity contribution in [1.29, 1.82) is 0 Å². The molecule has 4 rings (SSSR count). The van der Waals surface area contributed by atoms with Crippen molar-refractivity contribution in [2.45, 2.75) is 13.2 Å². The predicted octanol–water partition coefficient (Wildman–Crippen LogP) is 4.71. The molecule has 0 unspecified atom stereocenters. The smallest absolute Gasteiger partial charge is 0.271 e. The molecule has 29 heavy (non-hydrogen) atoms. The molecule has 0 aliphatic carbocycles. The van der Waals surface area contributed by atoms with Gasteiger partial charge in [0.25, 0.3) is 5.91 Å². The Morgan fingerprint density at radius 1 is 0.966 bits per heavy atom. The molecule has 4 aromatic rings. The van der Waals surface area contributed by atoms with E-state index in [0.717, 1.165) is 27.6 Å². The number of carbonyl (C=O) groups excluding carboxylic acids is 1. The van der Waals surface area contributed by atoms with Gasteiger partial charge < -0.3 is 10.1 Å². The number of benzene rings is 2. The van der Waals surface area contributed by atoms with Gasteiger partial charge in [-0.1, -0.05) is 36.4 Å². The molecule has 144 valence electrons. The van der Waals surface area contributed by atoms with Gasteiger partial charge in [-0.2, -0.15) is 0 Å². The van der Waals surface area contributed by atoms with Gasteiger partial charge in [-0.15, -0.1) is 11.3 Å². The minimum absolute atomic E-state index is 0.207. The Labute approximate surface area is 173 Å². The first-order chi connectivity index (χ1) is 14.3. The van der Waals surface area contributed by atoms with E-state index >= 15 is 0 Å². The third kappa shape index (κ3) is 5.06. The number of hydrogen-bond donors (Lipinski definition) is 1. The third-order valence-corrected chi connectivity index (χ3v) is 5.13. The second kappa shape index (κ2) is 9.12. The molecule has 0 saturated heterocycles. The first-order valence-electron chi connectivity index (χ1n) is 9.19. The Hall–Kier alpha value is -3.51. The Morgan fingerprint density at radius 3 is 2.52 bits per heavy atom. The van der Waals surface area contributed by atoms with E-state index in [2.05, 4.69) is 15.3 Å². The van der Waals surface area contributed by atoms with Crippen molar-refractivity contribution in [3.63, 3.8) is 0 Å². The highest BCUT2D eigenvalue weighted by atomic mass is 32.1. The Bertz CT molecular complexity index is 1060. The number of hydrogen-bond acceptors (Lipinski definition) is 5. The van der Waals surface area contributed by atoms with E-state index in [1.807, 2.05) is 72.8 Å². The number of ether oxygens (including phenoxy) is 1. The molecule has 6 heteroatoms. The average molecular weight is 401 g/mol. The second-order valence-electron chi connectivity index (χ2n) is 6.34. The number of nitrogens with zero attached hydrogens (tertiary/aromatic N) is 2. The van der Waals surface area contributed by atoms with Crippen molar-refractivity contribution < 1.29 is 9.53 Å². The van der Waals surface area contributed by atoms with E-state index in [1.54, 1.807) is 11.6 Å². The van der Waals surface area contributed by atoms with E-state index in [1.165, 1.54) is 11.3 Å². The summed E-state index contributed by atoms with van der Waals surface area (Å²) in [5, 5.41) is 5.41. The van der Waals surface area contributed by atoms with E-state index in [9.17, 15) is 4.79 Å². The predicted molar refractivity (Wildman–Crippen MR) is 114 cm³/mol. The van der Waals surface area contributed by atoms with Crippen LogP contribution in [0.5, 0.6) is 5.75 Å². The van der Waals surface area contributed by atoms with Crippen LogP contribution >= 0.6 is 11.3 Å². The molecule has 0 spiro atoms. The molecular formula is C23H19N3O2S. The van der Waals surface area contributed by atoms with Crippen molar-refractivity contribution in [1.82, 2.24) is 15.3 Å². The maximum Gasteiger partial charge on any atom is 0.271 e. The monoisotopic (exact) mass is 401 g/mol. The molecule has 0 radical (unpaired) electrons. The zero-order chi connectivity index (χ0) is 19.9. The van der Waals surface area contributed by atoms with Crippen LogP contribution in [0.25, 0.3) is 10.6 Å². The van der Waals surface area contributed by atoms with Crippen LogP contribution < -0.4 is 10.1 Å². The lowest BCUT2D eigenvalue weighted by Crippen LogP contribution is -2.23. The highest BCUT2D eigenvalue weighted by molar-refractivity contribution is 7.13. The minimum atomic E-state index is -0.207. The molecule has 0 aliphatic heterocycles. The molecule has 2 aromatic heterocycles. The normalized spacial score (nSPS) is 10.5. The molecule has 1 amide bonds. The fourth-order valence-corrected chi connectivity index (χ4v) is 3.52. The molecule has 0 saturated carbocycles. The standard InChI is InChI=1S/C23H19N3O2S/c27-22(25-14-19-8-4-5-13-24-19)21-16-29-23(26-21)18-9-11-20(12-10-18)28-15-17-6-2-1-3-7-17/h1-13,16H,14-15H2,(H,25,27). The maximum absolute atomic E-state index is 12.3. The number of carbonyl (C=O) groups is 1. The summed E-state index contributed by atoms with van der Waals surface area (Å²) in [5.74, 6) is 0.587. The summed E-state index contributed by atoms with van der Waals surface area (Å²) in [5.41, 5.74) is 3.29. The van der Waals surface area contributed by atoms with Crippen LogP contribution in [-0.2, 0) is 13.2 Å². The van der Waals surface area contributed by atoms with Crippen molar-refractivity contribution in [2.24, 2.45) is 0 Å². The highest BCUT2D eigenvalue weighted by Gasteiger charge is 2.12. The largest absolute Gasteiger partial charge is 0.489 e. The van der Waals surface area contributed by atoms with Crippen LogP contribution in [-0.4, -0.2) is 15.9 Å². The van der Waals surface area contributed by atoms with Crippen molar-refractivity contribution in [2.75, 3.05) is 0 Å². The molecule has 0 aliphatic rings. The summed E-state index contributed by atoms with van der Waals surface area (Å²) in [6, 6.07) is 23.4. The summed E-state index contributed by atoms with van der Waals surface area (Å²) >= 11 is 1.44. The van der Waals surface area contributed by atoms with Crippen LogP contribution in [0.4, 0.5) is 0 Å². The summed E-state index contributed by atoms with van der Waals surface area (Å²) in [6.07, 6.45) is 1.70. The Balaban J connectivity index is 1.35. The molecule has 2 heterocycles. The van der Waals surface area contributed by atoms with Crippen molar-refractivity contribution in [3.8, 4) is 16.3 Å². The van der Waals surface area contributed by atoms with Crippen LogP contribution in [0.15, 0.2) is 84.4 Å². The number of pyridine rings is 1. The third-order valence-electron chi connectivity index (χ3n) is 4.24. The average Bonchev–Trinajstić information content (AvgIpc) is 3.28. The molecule has 1 N–H and O–H groups in total. The van der Waals surface area contributed by atoms with Crippen LogP contribution in [0.3, 0.4) is 0 Å². The summed E-state index contributed by atoms with van der Waals surface area (Å²) in [6.45, 7) is 0.901. The fraction of sp³-hybridized carbons (Fsp3) is 0.0870. The molecule has 2 aromatic carbocycles. The lowest BCUT2D eigenvalue weighted by Gasteiger charge is -2.06. The quantitative estimate of drug-likeness (QED) is 0.487. The van der Waals surface area contributed by atoms with Gasteiger partial charge in [-0.3, -0.25) is 9.78 Å². The van der Waals surface area contributed by atoms with Crippen LogP contribution in [0, 0.1) is 0 Å². The topological polar surface area (TPSA) is 64.1 Å². The van der Waals surface area contributed by atoms with Crippen molar-refractivity contribution in [3.05, 3.63) is 101 Å². The number of rotatable bonds is 7. The van der Waals surface area contributed by atoms with Gasteiger partial charge in [0.15, 0.2) is 0 Å². The van der Waals surface area contributed by atoms with Gasteiger partial charge in [0.05, 0.1) is 12.2 Å². The maximum atomic E-state index is 12.3. The first kappa shape index (κ1) is 18.8. The second-order valence-corrected chi connectivity index (χ2v) is 7.20. The summed E-state index contributed by atoms with van der Waals surface area (Å²) in [4.78, 5) is 21.0. The summed E-state index contributed by atoms with van der Waals surface area (Å²) < 4.78 is 5.81. The number of nitrogens with one attached hydrogen (secondary N) is 1. The molecule has 0 atom stereocenters. The van der Waals surface area contributed by atoms with Gasteiger partial charge in [0.1, 0.15) is 23.1 Å². The Morgan fingerprint density at radius 2 is 1.76 bits per heavy atom. The molecule has 0 bridgehead atoms. The van der Waals surface area contributed by atoms with Gasteiger partial charge in [0, 0.05) is 17.1 Å². The van der Waals surface area contributed by atoms with Gasteiger partial charge in [-0.05, 0) is 42.0 Å². The van der Waals surface area contributed by atoms with Gasteiger partial charge in [0.2, 0.25) is 0 Å². The Kier molecular flexibility index (Phi) is 5.92. The first-order valence-corrected chi connectivity index (χ1v) is 10.1. The zero-order valence-electron chi connectivity index (χ0n) is 15.6. The number of thiazole rings is 1.